The van der Waals surface area contributed by atoms with Crippen molar-refractivity contribution in [1.82, 2.24) is 15.2 Å². The van der Waals surface area contributed by atoms with E-state index in [2.05, 4.69) is 35.3 Å². The fourth-order valence-electron chi connectivity index (χ4n) is 5.05. The van der Waals surface area contributed by atoms with E-state index in [9.17, 15) is 9.90 Å². The molecule has 2 N–H and O–H groups in total. The predicted octanol–water partition coefficient (Wildman–Crippen LogP) is 5.63. The molecule has 1 saturated heterocycles. The topological polar surface area (TPSA) is 68.7 Å². The van der Waals surface area contributed by atoms with E-state index in [-0.39, 0.29) is 27.5 Å². The quantitative estimate of drug-likeness (QED) is 0.371. The van der Waals surface area contributed by atoms with Gasteiger partial charge in [0.25, 0.3) is 0 Å². The number of hydrogen-bond donors (Lipinski definition) is 2. The standard InChI is InChI=1S/C28H32Cl2N4O2/c1-33(2)11-12-34(20-7-9-31-10-8-20)26-21-13-18(19-14-23(29)28(36)24(30)15-19)5-6-25(21)32-16-22(26)27(35)17-3-4-17/h5-6,13-17,20,31,36H,3-4,7-12H2,1-2H3. The van der Waals surface area contributed by atoms with E-state index >= 15 is 0 Å². The number of likely N-dealkylation sites (N-methyl/N-ethyl adjacent to an activating group) is 1. The lowest BCUT2D eigenvalue weighted by Crippen LogP contribution is -2.46. The lowest BCUT2D eigenvalue weighted by atomic mass is 9.96. The number of phenols is 1. The van der Waals surface area contributed by atoms with Crippen molar-refractivity contribution in [2.45, 2.75) is 31.7 Å². The number of halogens is 2. The molecule has 0 bridgehead atoms. The van der Waals surface area contributed by atoms with Crippen LogP contribution in [-0.2, 0) is 0 Å². The first-order valence-electron chi connectivity index (χ1n) is 12.6. The van der Waals surface area contributed by atoms with Crippen LogP contribution in [0.4, 0.5) is 5.69 Å². The average Bonchev–Trinajstić information content (AvgIpc) is 3.72. The highest BCUT2D eigenvalue weighted by Crippen LogP contribution is 2.41. The highest BCUT2D eigenvalue weighted by atomic mass is 35.5. The number of aromatic hydroxyl groups is 1. The second kappa shape index (κ2) is 10.5. The number of nitrogens with zero attached hydrogens (tertiary/aromatic N) is 3. The number of carbonyl (C=O) groups excluding carboxylic acids is 1. The Morgan fingerprint density at radius 2 is 1.72 bits per heavy atom. The van der Waals surface area contributed by atoms with E-state index in [1.54, 1.807) is 18.3 Å². The van der Waals surface area contributed by atoms with E-state index in [1.807, 2.05) is 12.1 Å². The molecule has 8 heteroatoms. The van der Waals surface area contributed by atoms with Crippen molar-refractivity contribution < 1.29 is 9.90 Å². The minimum atomic E-state index is -0.122. The fourth-order valence-corrected chi connectivity index (χ4v) is 5.54. The number of pyridine rings is 1. The molecule has 0 atom stereocenters. The van der Waals surface area contributed by atoms with Crippen LogP contribution in [0.25, 0.3) is 22.0 Å². The van der Waals surface area contributed by atoms with Crippen LogP contribution in [0.15, 0.2) is 36.5 Å². The van der Waals surface area contributed by atoms with Crippen LogP contribution in [0.5, 0.6) is 5.75 Å². The zero-order chi connectivity index (χ0) is 25.4. The number of ketones is 1. The van der Waals surface area contributed by atoms with Crippen LogP contribution in [-0.4, -0.2) is 67.1 Å². The number of nitrogens with one attached hydrogen (secondary N) is 1. The number of anilines is 1. The Hall–Kier alpha value is -2.38. The second-order valence-corrected chi connectivity index (χ2v) is 11.0. The largest absolute Gasteiger partial charge is 0.505 e. The van der Waals surface area contributed by atoms with E-state index in [0.717, 1.165) is 85.1 Å². The smallest absolute Gasteiger partial charge is 0.169 e. The highest BCUT2D eigenvalue weighted by Gasteiger charge is 2.35. The summed E-state index contributed by atoms with van der Waals surface area (Å²) in [4.78, 5) is 22.9. The summed E-state index contributed by atoms with van der Waals surface area (Å²) in [6, 6.07) is 9.82. The molecule has 1 aliphatic carbocycles. The van der Waals surface area contributed by atoms with Gasteiger partial charge in [0.05, 0.1) is 26.8 Å². The van der Waals surface area contributed by atoms with Crippen molar-refractivity contribution in [3.05, 3.63) is 52.1 Å². The number of fused-ring (bicyclic) bond motifs is 1. The van der Waals surface area contributed by atoms with Gasteiger partial charge in [-0.3, -0.25) is 9.78 Å². The maximum Gasteiger partial charge on any atom is 0.169 e. The molecule has 2 fully saturated rings. The minimum Gasteiger partial charge on any atom is -0.505 e. The van der Waals surface area contributed by atoms with Crippen molar-refractivity contribution in [1.29, 1.82) is 0 Å². The first-order valence-corrected chi connectivity index (χ1v) is 13.4. The van der Waals surface area contributed by atoms with Crippen LogP contribution in [0.3, 0.4) is 0 Å². The molecule has 1 saturated carbocycles. The molecule has 36 heavy (non-hydrogen) atoms. The van der Waals surface area contributed by atoms with Gasteiger partial charge in [0.1, 0.15) is 0 Å². The number of piperidine rings is 1. The number of benzene rings is 2. The van der Waals surface area contributed by atoms with E-state index in [1.165, 1.54) is 0 Å². The van der Waals surface area contributed by atoms with E-state index in [4.69, 9.17) is 28.2 Å². The van der Waals surface area contributed by atoms with Crippen LogP contribution >= 0.6 is 23.2 Å². The van der Waals surface area contributed by atoms with Crippen molar-refractivity contribution in [2.24, 2.45) is 5.92 Å². The second-order valence-electron chi connectivity index (χ2n) is 10.2. The van der Waals surface area contributed by atoms with Crippen molar-refractivity contribution in [3.8, 4) is 16.9 Å². The number of Topliss-reactive ketones (excluding diaryl/α,β-unsaturated/α-hetero) is 1. The summed E-state index contributed by atoms with van der Waals surface area (Å²) < 4.78 is 0. The summed E-state index contributed by atoms with van der Waals surface area (Å²) in [6.45, 7) is 3.64. The summed E-state index contributed by atoms with van der Waals surface area (Å²) in [6.07, 6.45) is 5.74. The molecule has 2 aromatic carbocycles. The zero-order valence-corrected chi connectivity index (χ0v) is 22.2. The molecule has 0 spiro atoms. The highest BCUT2D eigenvalue weighted by molar-refractivity contribution is 6.37. The molecule has 1 aliphatic heterocycles. The summed E-state index contributed by atoms with van der Waals surface area (Å²) in [5, 5.41) is 14.9. The Morgan fingerprint density at radius 1 is 1.03 bits per heavy atom. The Bertz CT molecular complexity index is 1260. The third kappa shape index (κ3) is 5.18. The maximum absolute atomic E-state index is 13.5. The van der Waals surface area contributed by atoms with Gasteiger partial charge in [0.15, 0.2) is 11.5 Å². The first kappa shape index (κ1) is 25.3. The van der Waals surface area contributed by atoms with Gasteiger partial charge in [-0.05, 0) is 88.3 Å². The molecule has 2 aliphatic rings. The fraction of sp³-hybridized carbons (Fsp3) is 0.429. The van der Waals surface area contributed by atoms with Gasteiger partial charge in [0.2, 0.25) is 0 Å². The number of hydrogen-bond acceptors (Lipinski definition) is 6. The Morgan fingerprint density at radius 3 is 2.36 bits per heavy atom. The number of rotatable bonds is 8. The van der Waals surface area contributed by atoms with Gasteiger partial charge in [-0.1, -0.05) is 29.3 Å². The van der Waals surface area contributed by atoms with Gasteiger partial charge >= 0.3 is 0 Å². The zero-order valence-electron chi connectivity index (χ0n) is 20.7. The van der Waals surface area contributed by atoms with Gasteiger partial charge in [-0.2, -0.15) is 0 Å². The minimum absolute atomic E-state index is 0.101. The van der Waals surface area contributed by atoms with E-state index in [0.29, 0.717) is 6.04 Å². The molecule has 6 nitrogen and oxygen atoms in total. The van der Waals surface area contributed by atoms with Gasteiger partial charge < -0.3 is 20.2 Å². The molecule has 5 rings (SSSR count). The molecule has 0 unspecified atom stereocenters. The Labute approximate surface area is 222 Å². The molecular weight excluding hydrogens is 495 g/mol. The van der Waals surface area contributed by atoms with Gasteiger partial charge in [-0.15, -0.1) is 0 Å². The van der Waals surface area contributed by atoms with Gasteiger partial charge in [0, 0.05) is 36.6 Å². The molecule has 0 radical (unpaired) electrons. The van der Waals surface area contributed by atoms with Crippen LogP contribution in [0.1, 0.15) is 36.0 Å². The summed E-state index contributed by atoms with van der Waals surface area (Å²) in [7, 11) is 4.16. The van der Waals surface area contributed by atoms with Crippen molar-refractivity contribution in [2.75, 3.05) is 45.2 Å². The number of phenolic OH excluding ortho intramolecular Hbond substituents is 1. The molecule has 0 amide bonds. The summed E-state index contributed by atoms with van der Waals surface area (Å²) in [5.74, 6) is 0.178. The molecule has 2 heterocycles. The summed E-state index contributed by atoms with van der Waals surface area (Å²) >= 11 is 12.5. The van der Waals surface area contributed by atoms with Crippen molar-refractivity contribution in [3.63, 3.8) is 0 Å². The third-order valence-corrected chi connectivity index (χ3v) is 7.80. The van der Waals surface area contributed by atoms with Crippen LogP contribution < -0.4 is 10.2 Å². The SMILES string of the molecule is CN(C)CCN(c1c(C(=O)C2CC2)cnc2ccc(-c3cc(Cl)c(O)c(Cl)c3)cc12)C1CCNCC1. The average molecular weight is 527 g/mol. The van der Waals surface area contributed by atoms with E-state index < -0.39 is 0 Å². The molecular formula is C28H32Cl2N4O2. The van der Waals surface area contributed by atoms with Crippen LogP contribution in [0.2, 0.25) is 10.0 Å². The maximum atomic E-state index is 13.5. The van der Waals surface area contributed by atoms with Crippen LogP contribution in [0, 0.1) is 5.92 Å². The Balaban J connectivity index is 1.70. The van der Waals surface area contributed by atoms with Gasteiger partial charge in [-0.25, -0.2) is 0 Å². The van der Waals surface area contributed by atoms with Crippen molar-refractivity contribution >= 4 is 45.6 Å². The first-order chi connectivity index (χ1) is 17.3. The number of aromatic nitrogens is 1. The lowest BCUT2D eigenvalue weighted by Gasteiger charge is -2.38. The normalized spacial score (nSPS) is 16.6. The molecule has 3 aromatic rings. The summed E-state index contributed by atoms with van der Waals surface area (Å²) in [5.41, 5.74) is 4.27. The lowest BCUT2D eigenvalue weighted by molar-refractivity contribution is 0.0967. The predicted molar refractivity (Wildman–Crippen MR) is 148 cm³/mol. The monoisotopic (exact) mass is 526 g/mol. The third-order valence-electron chi connectivity index (χ3n) is 7.23. The number of carbonyl (C=O) groups is 1. The molecule has 190 valence electrons. The molecule has 1 aromatic heterocycles. The Kier molecular flexibility index (Phi) is 7.40.